The molecule has 8 heteroatoms. The average molecular weight is 402 g/mol. The summed E-state index contributed by atoms with van der Waals surface area (Å²) in [6.45, 7) is 5.26. The van der Waals surface area contributed by atoms with Crippen molar-refractivity contribution in [2.75, 3.05) is 31.5 Å². The summed E-state index contributed by atoms with van der Waals surface area (Å²) in [5.74, 6) is 0.715. The Labute approximate surface area is 167 Å². The van der Waals surface area contributed by atoms with E-state index < -0.39 is 0 Å². The summed E-state index contributed by atoms with van der Waals surface area (Å²) in [5.41, 5.74) is 6.95. The quantitative estimate of drug-likeness (QED) is 0.641. The first-order chi connectivity index (χ1) is 11.7. The van der Waals surface area contributed by atoms with E-state index in [2.05, 4.69) is 34.4 Å². The van der Waals surface area contributed by atoms with E-state index in [-0.39, 0.29) is 30.7 Å². The van der Waals surface area contributed by atoms with Crippen LogP contribution >= 0.6 is 24.8 Å². The smallest absolute Gasteiger partial charge is 0.239 e. The molecule has 0 aliphatic heterocycles. The number of carbonyl (C=O) groups is 1. The van der Waals surface area contributed by atoms with Crippen molar-refractivity contribution in [3.05, 3.63) is 48.2 Å². The molecule has 1 amide bonds. The molecule has 0 spiro atoms. The Kier molecular flexibility index (Phi) is 12.7. The number of hydrogen-bond acceptors (Lipinski definition) is 4. The minimum Gasteiger partial charge on any atom is -0.329 e. The van der Waals surface area contributed by atoms with Gasteiger partial charge in [0.05, 0.1) is 12.7 Å². The molecule has 1 aromatic heterocycles. The molecule has 0 saturated carbocycles. The third-order valence-corrected chi connectivity index (χ3v) is 3.79. The van der Waals surface area contributed by atoms with Crippen LogP contribution in [0.3, 0.4) is 0 Å². The molecule has 0 aliphatic carbocycles. The van der Waals surface area contributed by atoms with Gasteiger partial charge in [-0.3, -0.25) is 9.69 Å². The SMILES string of the molecule is CCCn1nccc1NC(=O)CN(CCN)CCc1ccccc1.Cl.Cl. The molecule has 6 nitrogen and oxygen atoms in total. The number of nitrogens with two attached hydrogens (primary N) is 1. The van der Waals surface area contributed by atoms with Crippen molar-refractivity contribution in [1.82, 2.24) is 14.7 Å². The van der Waals surface area contributed by atoms with E-state index in [4.69, 9.17) is 5.73 Å². The van der Waals surface area contributed by atoms with Gasteiger partial charge >= 0.3 is 0 Å². The fraction of sp³-hybridized carbons (Fsp3) is 0.444. The highest BCUT2D eigenvalue weighted by molar-refractivity contribution is 5.91. The summed E-state index contributed by atoms with van der Waals surface area (Å²) in [6.07, 6.45) is 3.58. The van der Waals surface area contributed by atoms with Gasteiger partial charge in [0, 0.05) is 32.2 Å². The predicted octanol–water partition coefficient (Wildman–Crippen LogP) is 2.58. The van der Waals surface area contributed by atoms with Crippen molar-refractivity contribution in [1.29, 1.82) is 0 Å². The second kappa shape index (κ2) is 13.6. The summed E-state index contributed by atoms with van der Waals surface area (Å²) in [7, 11) is 0. The summed E-state index contributed by atoms with van der Waals surface area (Å²) < 4.78 is 1.81. The minimum atomic E-state index is -0.0330. The lowest BCUT2D eigenvalue weighted by molar-refractivity contribution is -0.117. The molecule has 26 heavy (non-hydrogen) atoms. The number of halogens is 2. The maximum atomic E-state index is 12.3. The second-order valence-corrected chi connectivity index (χ2v) is 5.79. The number of carbonyl (C=O) groups excluding carboxylic acids is 1. The Bertz CT molecular complexity index is 621. The zero-order chi connectivity index (χ0) is 17.2. The number of anilines is 1. The van der Waals surface area contributed by atoms with E-state index in [1.165, 1.54) is 5.56 Å². The van der Waals surface area contributed by atoms with E-state index in [1.54, 1.807) is 6.20 Å². The van der Waals surface area contributed by atoms with Crippen LogP contribution < -0.4 is 11.1 Å². The number of aromatic nitrogens is 2. The van der Waals surface area contributed by atoms with Gasteiger partial charge in [0.2, 0.25) is 5.91 Å². The standard InChI is InChI=1S/C18H27N5O.2ClH/c1-2-12-23-17(8-11-20-23)21-18(24)15-22(14-10-19)13-9-16-6-4-3-5-7-16;;/h3-8,11H,2,9-10,12-15,19H2,1H3,(H,21,24);2*1H. The van der Waals surface area contributed by atoms with E-state index >= 15 is 0 Å². The Morgan fingerprint density at radius 3 is 2.58 bits per heavy atom. The number of amides is 1. The van der Waals surface area contributed by atoms with Gasteiger partial charge in [0.15, 0.2) is 0 Å². The van der Waals surface area contributed by atoms with Crippen LogP contribution in [0.25, 0.3) is 0 Å². The Morgan fingerprint density at radius 1 is 1.19 bits per heavy atom. The summed E-state index contributed by atoms with van der Waals surface area (Å²) in [6, 6.07) is 12.1. The fourth-order valence-corrected chi connectivity index (χ4v) is 2.60. The summed E-state index contributed by atoms with van der Waals surface area (Å²) in [4.78, 5) is 14.4. The van der Waals surface area contributed by atoms with Gasteiger partial charge in [-0.05, 0) is 18.4 Å². The number of nitrogens with one attached hydrogen (secondary N) is 1. The van der Waals surface area contributed by atoms with Crippen molar-refractivity contribution in [3.8, 4) is 0 Å². The van der Waals surface area contributed by atoms with Crippen LogP contribution in [0.2, 0.25) is 0 Å². The van der Waals surface area contributed by atoms with Crippen LogP contribution in [0.4, 0.5) is 5.82 Å². The third-order valence-electron chi connectivity index (χ3n) is 3.79. The normalized spacial score (nSPS) is 10.1. The molecular weight excluding hydrogens is 373 g/mol. The molecule has 0 unspecified atom stereocenters. The molecule has 0 saturated heterocycles. The van der Waals surface area contributed by atoms with Crippen LogP contribution in [0.1, 0.15) is 18.9 Å². The Balaban J connectivity index is 0.00000312. The van der Waals surface area contributed by atoms with Gasteiger partial charge in [-0.1, -0.05) is 37.3 Å². The maximum Gasteiger partial charge on any atom is 0.239 e. The zero-order valence-corrected chi connectivity index (χ0v) is 16.8. The molecule has 2 aromatic rings. The van der Waals surface area contributed by atoms with Crippen molar-refractivity contribution in [3.63, 3.8) is 0 Å². The van der Waals surface area contributed by atoms with Gasteiger partial charge in [-0.15, -0.1) is 24.8 Å². The van der Waals surface area contributed by atoms with Crippen LogP contribution in [0.15, 0.2) is 42.6 Å². The number of nitrogens with zero attached hydrogens (tertiary/aromatic N) is 3. The van der Waals surface area contributed by atoms with Crippen LogP contribution in [-0.2, 0) is 17.8 Å². The first-order valence-corrected chi connectivity index (χ1v) is 8.51. The average Bonchev–Trinajstić information content (AvgIpc) is 3.01. The Morgan fingerprint density at radius 2 is 1.92 bits per heavy atom. The van der Waals surface area contributed by atoms with E-state index in [0.29, 0.717) is 19.6 Å². The predicted molar refractivity (Wildman–Crippen MR) is 111 cm³/mol. The largest absolute Gasteiger partial charge is 0.329 e. The van der Waals surface area contributed by atoms with Crippen LogP contribution in [0.5, 0.6) is 0 Å². The lowest BCUT2D eigenvalue weighted by Crippen LogP contribution is -2.38. The minimum absolute atomic E-state index is 0. The maximum absolute atomic E-state index is 12.3. The molecule has 0 aliphatic rings. The van der Waals surface area contributed by atoms with E-state index in [9.17, 15) is 4.79 Å². The highest BCUT2D eigenvalue weighted by Crippen LogP contribution is 2.07. The fourth-order valence-electron chi connectivity index (χ4n) is 2.60. The number of aryl methyl sites for hydroxylation is 1. The molecular formula is C18H29Cl2N5O. The van der Waals surface area contributed by atoms with E-state index in [1.807, 2.05) is 28.9 Å². The molecule has 1 aromatic carbocycles. The molecule has 0 bridgehead atoms. The van der Waals surface area contributed by atoms with Gasteiger partial charge < -0.3 is 11.1 Å². The molecule has 2 rings (SSSR count). The number of rotatable bonds is 10. The van der Waals surface area contributed by atoms with Gasteiger partial charge in [-0.2, -0.15) is 5.10 Å². The van der Waals surface area contributed by atoms with Crippen molar-refractivity contribution < 1.29 is 4.79 Å². The highest BCUT2D eigenvalue weighted by Gasteiger charge is 2.12. The Hall–Kier alpha value is -1.60. The number of benzene rings is 1. The summed E-state index contributed by atoms with van der Waals surface area (Å²) >= 11 is 0. The molecule has 0 radical (unpaired) electrons. The van der Waals surface area contributed by atoms with Gasteiger partial charge in [0.1, 0.15) is 5.82 Å². The third kappa shape index (κ3) is 8.19. The lowest BCUT2D eigenvalue weighted by Gasteiger charge is -2.21. The molecule has 0 atom stereocenters. The summed E-state index contributed by atoms with van der Waals surface area (Å²) in [5, 5.41) is 7.16. The molecule has 0 fully saturated rings. The number of hydrogen-bond donors (Lipinski definition) is 2. The first kappa shape index (κ1) is 24.4. The lowest BCUT2D eigenvalue weighted by atomic mass is 10.1. The van der Waals surface area contributed by atoms with E-state index in [0.717, 1.165) is 31.7 Å². The van der Waals surface area contributed by atoms with Crippen molar-refractivity contribution >= 4 is 36.5 Å². The first-order valence-electron chi connectivity index (χ1n) is 8.51. The zero-order valence-electron chi connectivity index (χ0n) is 15.1. The van der Waals surface area contributed by atoms with Gasteiger partial charge in [0.25, 0.3) is 0 Å². The molecule has 146 valence electrons. The van der Waals surface area contributed by atoms with Gasteiger partial charge in [-0.25, -0.2) is 4.68 Å². The molecule has 3 N–H and O–H groups in total. The molecule has 1 heterocycles. The highest BCUT2D eigenvalue weighted by atomic mass is 35.5. The van der Waals surface area contributed by atoms with Crippen molar-refractivity contribution in [2.24, 2.45) is 5.73 Å². The van der Waals surface area contributed by atoms with Crippen LogP contribution in [0, 0.1) is 0 Å². The topological polar surface area (TPSA) is 76.2 Å². The van der Waals surface area contributed by atoms with Crippen molar-refractivity contribution in [2.45, 2.75) is 26.3 Å². The monoisotopic (exact) mass is 401 g/mol. The second-order valence-electron chi connectivity index (χ2n) is 5.79. The van der Waals surface area contributed by atoms with Crippen LogP contribution in [-0.4, -0.2) is 46.8 Å².